The third-order valence-electron chi connectivity index (χ3n) is 5.01. The number of likely N-dealkylation sites (tertiary alicyclic amines) is 1. The van der Waals surface area contributed by atoms with Crippen LogP contribution in [-0.2, 0) is 16.1 Å². The van der Waals surface area contributed by atoms with Crippen LogP contribution in [0.2, 0.25) is 0 Å². The van der Waals surface area contributed by atoms with Crippen LogP contribution in [0.1, 0.15) is 38.4 Å². The number of methoxy groups -OCH3 is 1. The number of pyridine rings is 1. The number of aliphatic hydroxyl groups excluding tert-OH is 1. The van der Waals surface area contributed by atoms with Crippen molar-refractivity contribution < 1.29 is 19.4 Å². The van der Waals surface area contributed by atoms with Crippen LogP contribution < -0.4 is 15.4 Å². The summed E-state index contributed by atoms with van der Waals surface area (Å²) in [7, 11) is 3.22. The van der Waals surface area contributed by atoms with E-state index in [0.29, 0.717) is 17.0 Å². The minimum absolute atomic E-state index is 0.121. The van der Waals surface area contributed by atoms with E-state index in [4.69, 9.17) is 11.2 Å². The van der Waals surface area contributed by atoms with Crippen LogP contribution in [0.4, 0.5) is 0 Å². The number of amides is 2. The highest BCUT2D eigenvalue weighted by Crippen LogP contribution is 2.26. The van der Waals surface area contributed by atoms with Gasteiger partial charge in [0.1, 0.15) is 17.5 Å². The second-order valence-corrected chi connectivity index (χ2v) is 8.22. The van der Waals surface area contributed by atoms with Crippen LogP contribution >= 0.6 is 0 Å². The fraction of sp³-hybridized carbons (Fsp3) is 0.571. The molecule has 3 atom stereocenters. The van der Waals surface area contributed by atoms with Crippen molar-refractivity contribution in [3.8, 4) is 18.1 Å². The minimum Gasteiger partial charge on any atom is -0.495 e. The Labute approximate surface area is 172 Å². The minimum atomic E-state index is -0.744. The van der Waals surface area contributed by atoms with Crippen LogP contribution in [0.3, 0.4) is 0 Å². The number of nitrogens with zero attached hydrogens (tertiary/aromatic N) is 2. The van der Waals surface area contributed by atoms with Gasteiger partial charge in [-0.2, -0.15) is 0 Å². The molecule has 1 fully saturated rings. The summed E-state index contributed by atoms with van der Waals surface area (Å²) in [6.45, 7) is 6.10. The second-order valence-electron chi connectivity index (χ2n) is 8.22. The predicted molar refractivity (Wildman–Crippen MR) is 109 cm³/mol. The molecule has 1 aromatic heterocycles. The van der Waals surface area contributed by atoms with Crippen molar-refractivity contribution >= 4 is 11.8 Å². The number of carbonyl (C=O) groups is 2. The molecule has 0 saturated carbocycles. The van der Waals surface area contributed by atoms with E-state index < -0.39 is 18.2 Å². The van der Waals surface area contributed by atoms with Gasteiger partial charge in [0.2, 0.25) is 11.8 Å². The molecule has 8 nitrogen and oxygen atoms in total. The van der Waals surface area contributed by atoms with Crippen LogP contribution in [0.15, 0.2) is 12.3 Å². The Kier molecular flexibility index (Phi) is 7.22. The molecule has 0 radical (unpaired) electrons. The Hall–Kier alpha value is -2.63. The van der Waals surface area contributed by atoms with E-state index >= 15 is 0 Å². The van der Waals surface area contributed by atoms with Crippen LogP contribution in [0.5, 0.6) is 5.75 Å². The predicted octanol–water partition coefficient (Wildman–Crippen LogP) is 0.284. The highest BCUT2D eigenvalue weighted by atomic mass is 16.5. The topological polar surface area (TPSA) is 104 Å². The summed E-state index contributed by atoms with van der Waals surface area (Å²) in [6, 6.07) is 0.456. The van der Waals surface area contributed by atoms with E-state index in [2.05, 4.69) is 21.5 Å². The van der Waals surface area contributed by atoms with Gasteiger partial charge < -0.3 is 25.4 Å². The first kappa shape index (κ1) is 22.7. The van der Waals surface area contributed by atoms with Gasteiger partial charge in [0.05, 0.1) is 25.8 Å². The van der Waals surface area contributed by atoms with Gasteiger partial charge in [-0.3, -0.25) is 14.6 Å². The Morgan fingerprint density at radius 3 is 2.72 bits per heavy atom. The molecule has 1 aliphatic heterocycles. The Morgan fingerprint density at radius 2 is 2.17 bits per heavy atom. The molecule has 2 amide bonds. The SMILES string of the molecule is C#Cc1cnc(CNC(=O)[C@@H]2C[C@@H](O)CN2C(=O)[C@@H](NC)C(C)(C)C)c(OC)c1. The molecule has 8 heteroatoms. The van der Waals surface area contributed by atoms with E-state index in [1.807, 2.05) is 20.8 Å². The average Bonchev–Trinajstić information content (AvgIpc) is 3.07. The number of rotatable bonds is 6. The molecule has 158 valence electrons. The van der Waals surface area contributed by atoms with E-state index in [1.54, 1.807) is 13.1 Å². The first-order valence-electron chi connectivity index (χ1n) is 9.55. The largest absolute Gasteiger partial charge is 0.495 e. The number of ether oxygens (including phenoxy) is 1. The van der Waals surface area contributed by atoms with Gasteiger partial charge >= 0.3 is 0 Å². The van der Waals surface area contributed by atoms with Crippen molar-refractivity contribution in [3.63, 3.8) is 0 Å². The normalized spacial score (nSPS) is 20.1. The number of terminal acetylenes is 1. The molecule has 1 aliphatic rings. The molecule has 3 N–H and O–H groups in total. The molecule has 29 heavy (non-hydrogen) atoms. The standard InChI is InChI=1S/C21H30N4O4/c1-7-13-8-17(29-6)15(23-10-13)11-24-19(27)16-9-14(26)12-25(16)20(28)18(22-5)21(2,3)4/h1,8,10,14,16,18,22,26H,9,11-12H2,2-6H3,(H,24,27)/t14-,16+,18-/m1/s1. The molecule has 1 saturated heterocycles. The lowest BCUT2D eigenvalue weighted by Gasteiger charge is -2.34. The number of carbonyl (C=O) groups excluding carboxylic acids is 2. The fourth-order valence-electron chi connectivity index (χ4n) is 3.55. The van der Waals surface area contributed by atoms with Crippen molar-refractivity contribution in [2.24, 2.45) is 5.41 Å². The van der Waals surface area contributed by atoms with Gasteiger partial charge in [-0.05, 0) is 18.5 Å². The number of hydrogen-bond donors (Lipinski definition) is 3. The summed E-state index contributed by atoms with van der Waals surface area (Å²) in [5, 5.41) is 15.9. The molecule has 0 bridgehead atoms. The molecule has 1 aromatic rings. The molecular weight excluding hydrogens is 372 g/mol. The number of β-amino-alcohol motifs (C(OH)–C–C–N with tert-alkyl or cyclic N) is 1. The maximum atomic E-state index is 13.1. The lowest BCUT2D eigenvalue weighted by Crippen LogP contribution is -2.55. The van der Waals surface area contributed by atoms with Gasteiger partial charge in [0.15, 0.2) is 0 Å². The van der Waals surface area contributed by atoms with E-state index in [-0.39, 0.29) is 36.7 Å². The average molecular weight is 402 g/mol. The summed E-state index contributed by atoms with van der Waals surface area (Å²) in [4.78, 5) is 31.6. The highest BCUT2D eigenvalue weighted by molar-refractivity contribution is 5.91. The molecular formula is C21H30N4O4. The number of likely N-dealkylation sites (N-methyl/N-ethyl adjacent to an activating group) is 1. The maximum absolute atomic E-state index is 13.1. The fourth-order valence-corrected chi connectivity index (χ4v) is 3.55. The zero-order valence-corrected chi connectivity index (χ0v) is 17.7. The first-order chi connectivity index (χ1) is 13.6. The third kappa shape index (κ3) is 5.25. The Bertz CT molecular complexity index is 797. The van der Waals surface area contributed by atoms with E-state index in [1.165, 1.54) is 18.2 Å². The zero-order valence-electron chi connectivity index (χ0n) is 17.7. The summed E-state index contributed by atoms with van der Waals surface area (Å²) in [5.74, 6) is 2.41. The van der Waals surface area contributed by atoms with E-state index in [0.717, 1.165) is 0 Å². The first-order valence-corrected chi connectivity index (χ1v) is 9.55. The summed E-state index contributed by atoms with van der Waals surface area (Å²) >= 11 is 0. The lowest BCUT2D eigenvalue weighted by molar-refractivity contribution is -0.142. The van der Waals surface area contributed by atoms with Crippen molar-refractivity contribution in [1.29, 1.82) is 0 Å². The van der Waals surface area contributed by atoms with Crippen LogP contribution in [0, 0.1) is 17.8 Å². The lowest BCUT2D eigenvalue weighted by atomic mass is 9.86. The number of hydrogen-bond acceptors (Lipinski definition) is 6. The highest BCUT2D eigenvalue weighted by Gasteiger charge is 2.43. The van der Waals surface area contributed by atoms with Gasteiger partial charge in [-0.25, -0.2) is 0 Å². The van der Waals surface area contributed by atoms with Crippen LogP contribution in [0.25, 0.3) is 0 Å². The van der Waals surface area contributed by atoms with Crippen molar-refractivity contribution in [2.45, 2.75) is 51.9 Å². The summed E-state index contributed by atoms with van der Waals surface area (Å²) in [5.41, 5.74) is 0.767. The summed E-state index contributed by atoms with van der Waals surface area (Å²) < 4.78 is 5.28. The molecule has 0 spiro atoms. The zero-order chi connectivity index (χ0) is 21.8. The third-order valence-corrected chi connectivity index (χ3v) is 5.01. The molecule has 2 rings (SSSR count). The Morgan fingerprint density at radius 1 is 1.48 bits per heavy atom. The number of aromatic nitrogens is 1. The molecule has 2 heterocycles. The van der Waals surface area contributed by atoms with Gasteiger partial charge in [0, 0.05) is 24.7 Å². The van der Waals surface area contributed by atoms with Crippen molar-refractivity contribution in [2.75, 3.05) is 20.7 Å². The molecule has 0 aromatic carbocycles. The second kappa shape index (κ2) is 9.25. The van der Waals surface area contributed by atoms with Gasteiger partial charge in [-0.1, -0.05) is 26.7 Å². The molecule has 0 aliphatic carbocycles. The van der Waals surface area contributed by atoms with Gasteiger partial charge in [0.25, 0.3) is 0 Å². The number of aliphatic hydroxyl groups is 1. The quantitative estimate of drug-likeness (QED) is 0.591. The maximum Gasteiger partial charge on any atom is 0.243 e. The smallest absolute Gasteiger partial charge is 0.243 e. The summed E-state index contributed by atoms with van der Waals surface area (Å²) in [6.07, 6.45) is 6.35. The Balaban J connectivity index is 2.13. The van der Waals surface area contributed by atoms with Crippen molar-refractivity contribution in [3.05, 3.63) is 23.5 Å². The number of nitrogens with one attached hydrogen (secondary N) is 2. The van der Waals surface area contributed by atoms with E-state index in [9.17, 15) is 14.7 Å². The van der Waals surface area contributed by atoms with Gasteiger partial charge in [-0.15, -0.1) is 6.42 Å². The molecule has 0 unspecified atom stereocenters. The van der Waals surface area contributed by atoms with Crippen molar-refractivity contribution in [1.82, 2.24) is 20.5 Å². The monoisotopic (exact) mass is 402 g/mol. The van der Waals surface area contributed by atoms with Crippen LogP contribution in [-0.4, -0.2) is 65.7 Å².